The van der Waals surface area contributed by atoms with E-state index in [2.05, 4.69) is 11.4 Å². The van der Waals surface area contributed by atoms with Gasteiger partial charge in [-0.15, -0.1) is 0 Å². The number of halogens is 1. The quantitative estimate of drug-likeness (QED) is 0.842. The second kappa shape index (κ2) is 4.92. The number of carbonyl (C=O) groups is 1. The highest BCUT2D eigenvalue weighted by Crippen LogP contribution is 2.27. The smallest absolute Gasteiger partial charge is 0.409 e. The Balaban J connectivity index is 2.16. The van der Waals surface area contributed by atoms with Gasteiger partial charge in [-0.25, -0.2) is 9.18 Å². The molecular weight excluding hydrogens is 237 g/mol. The van der Waals surface area contributed by atoms with E-state index in [4.69, 9.17) is 10.4 Å². The molecule has 0 bridgehead atoms. The van der Waals surface area contributed by atoms with Gasteiger partial charge < -0.3 is 10.0 Å². The third-order valence-corrected chi connectivity index (χ3v) is 2.91. The Hall–Kier alpha value is -2.29. The number of benzene rings is 1. The van der Waals surface area contributed by atoms with Gasteiger partial charge in [0.2, 0.25) is 0 Å². The van der Waals surface area contributed by atoms with Crippen LogP contribution in [0.1, 0.15) is 6.42 Å². The van der Waals surface area contributed by atoms with Crippen LogP contribution in [-0.2, 0) is 0 Å². The first-order valence-corrected chi connectivity index (χ1v) is 5.54. The largest absolute Gasteiger partial charge is 0.465 e. The lowest BCUT2D eigenvalue weighted by Gasteiger charge is -2.18. The Bertz CT molecular complexity index is 513. The second-order valence-electron chi connectivity index (χ2n) is 4.16. The molecule has 1 atom stereocenters. The molecule has 94 valence electrons. The molecule has 0 aliphatic carbocycles. The molecule has 1 aliphatic rings. The molecule has 1 heterocycles. The van der Waals surface area contributed by atoms with Gasteiger partial charge in [0.25, 0.3) is 0 Å². The third-order valence-electron chi connectivity index (χ3n) is 2.91. The number of hydrogen-bond acceptors (Lipinski definition) is 3. The van der Waals surface area contributed by atoms with E-state index in [0.717, 1.165) is 12.5 Å². The summed E-state index contributed by atoms with van der Waals surface area (Å²) in [5.41, 5.74) is 0.600. The Labute approximate surface area is 103 Å². The maximum atomic E-state index is 13.8. The van der Waals surface area contributed by atoms with Crippen molar-refractivity contribution in [2.75, 3.05) is 23.3 Å². The summed E-state index contributed by atoms with van der Waals surface area (Å²) in [4.78, 5) is 12.2. The lowest BCUT2D eigenvalue weighted by Crippen LogP contribution is -2.20. The Morgan fingerprint density at radius 2 is 2.39 bits per heavy atom. The fourth-order valence-corrected chi connectivity index (χ4v) is 2.05. The van der Waals surface area contributed by atoms with Gasteiger partial charge in [0.05, 0.1) is 17.7 Å². The fraction of sp³-hybridized carbons (Fsp3) is 0.333. The number of rotatable bonds is 2. The van der Waals surface area contributed by atoms with E-state index in [1.807, 2.05) is 0 Å². The summed E-state index contributed by atoms with van der Waals surface area (Å²) in [5, 5.41) is 19.4. The molecule has 1 saturated heterocycles. The van der Waals surface area contributed by atoms with Crippen molar-refractivity contribution >= 4 is 17.5 Å². The van der Waals surface area contributed by atoms with Crippen molar-refractivity contribution in [2.24, 2.45) is 5.92 Å². The summed E-state index contributed by atoms with van der Waals surface area (Å²) < 4.78 is 13.8. The minimum Gasteiger partial charge on any atom is -0.465 e. The maximum absolute atomic E-state index is 13.8. The highest BCUT2D eigenvalue weighted by Gasteiger charge is 2.24. The lowest BCUT2D eigenvalue weighted by atomic mass is 10.1. The highest BCUT2D eigenvalue weighted by atomic mass is 19.1. The van der Waals surface area contributed by atoms with Crippen molar-refractivity contribution in [1.82, 2.24) is 0 Å². The molecule has 1 unspecified atom stereocenters. The number of nitriles is 1. The van der Waals surface area contributed by atoms with Gasteiger partial charge in [-0.05, 0) is 24.6 Å². The number of nitrogens with zero attached hydrogens (tertiary/aromatic N) is 2. The van der Waals surface area contributed by atoms with Crippen LogP contribution in [-0.4, -0.2) is 24.3 Å². The molecule has 1 fully saturated rings. The van der Waals surface area contributed by atoms with E-state index >= 15 is 0 Å². The molecule has 1 amide bonds. The van der Waals surface area contributed by atoms with Crippen LogP contribution in [0.25, 0.3) is 0 Å². The number of nitrogens with one attached hydrogen (secondary N) is 1. The van der Waals surface area contributed by atoms with Gasteiger partial charge in [0.1, 0.15) is 5.82 Å². The average Bonchev–Trinajstić information content (AvgIpc) is 2.76. The van der Waals surface area contributed by atoms with Gasteiger partial charge in [-0.2, -0.15) is 5.26 Å². The molecule has 1 aromatic rings. The van der Waals surface area contributed by atoms with Crippen LogP contribution in [0, 0.1) is 23.1 Å². The van der Waals surface area contributed by atoms with Crippen molar-refractivity contribution in [1.29, 1.82) is 5.26 Å². The summed E-state index contributed by atoms with van der Waals surface area (Å²) in [6.45, 7) is 1.15. The first-order chi connectivity index (χ1) is 8.60. The zero-order valence-corrected chi connectivity index (χ0v) is 9.56. The van der Waals surface area contributed by atoms with Crippen molar-refractivity contribution in [2.45, 2.75) is 6.42 Å². The predicted molar refractivity (Wildman–Crippen MR) is 64.0 cm³/mol. The Kier molecular flexibility index (Phi) is 3.33. The summed E-state index contributed by atoms with van der Waals surface area (Å²) in [5.74, 6) is -0.555. The van der Waals surface area contributed by atoms with Crippen molar-refractivity contribution in [3.05, 3.63) is 24.0 Å². The van der Waals surface area contributed by atoms with E-state index in [1.54, 1.807) is 4.90 Å². The number of amides is 1. The van der Waals surface area contributed by atoms with Crippen LogP contribution < -0.4 is 10.2 Å². The first-order valence-electron chi connectivity index (χ1n) is 5.54. The molecular formula is C12H12FN3O2. The molecule has 0 aromatic heterocycles. The molecule has 0 saturated carbocycles. The first kappa shape index (κ1) is 12.2. The lowest BCUT2D eigenvalue weighted by molar-refractivity contribution is 0.209. The standard InChI is InChI=1S/C12H12FN3O2/c13-10-5-9(15-12(17)18)1-2-11(10)16-4-3-8(6-14)7-16/h1-2,5,8,15H,3-4,7H2,(H,17,18). The molecule has 1 aromatic carbocycles. The van der Waals surface area contributed by atoms with Crippen LogP contribution in [0.2, 0.25) is 0 Å². The molecule has 5 nitrogen and oxygen atoms in total. The minimum atomic E-state index is -1.23. The van der Waals surface area contributed by atoms with Crippen LogP contribution in [0.3, 0.4) is 0 Å². The van der Waals surface area contributed by atoms with Gasteiger partial charge in [-0.3, -0.25) is 5.32 Å². The monoisotopic (exact) mass is 249 g/mol. The summed E-state index contributed by atoms with van der Waals surface area (Å²) in [7, 11) is 0. The summed E-state index contributed by atoms with van der Waals surface area (Å²) in [6.07, 6.45) is -0.502. The molecule has 18 heavy (non-hydrogen) atoms. The fourth-order valence-electron chi connectivity index (χ4n) is 2.05. The topological polar surface area (TPSA) is 76.4 Å². The van der Waals surface area contributed by atoms with E-state index < -0.39 is 11.9 Å². The molecule has 0 spiro atoms. The molecule has 2 N–H and O–H groups in total. The third kappa shape index (κ3) is 2.51. The van der Waals surface area contributed by atoms with Gasteiger partial charge >= 0.3 is 6.09 Å². The van der Waals surface area contributed by atoms with Crippen LogP contribution in [0.15, 0.2) is 18.2 Å². The predicted octanol–water partition coefficient (Wildman–Crippen LogP) is 2.27. The van der Waals surface area contributed by atoms with Crippen molar-refractivity contribution < 1.29 is 14.3 Å². The maximum Gasteiger partial charge on any atom is 0.409 e. The van der Waals surface area contributed by atoms with Crippen LogP contribution in [0.4, 0.5) is 20.6 Å². The van der Waals surface area contributed by atoms with E-state index in [0.29, 0.717) is 18.8 Å². The van der Waals surface area contributed by atoms with Crippen LogP contribution >= 0.6 is 0 Å². The average molecular weight is 249 g/mol. The van der Waals surface area contributed by atoms with Gasteiger partial charge in [0, 0.05) is 18.8 Å². The zero-order valence-electron chi connectivity index (χ0n) is 9.56. The molecule has 1 aliphatic heterocycles. The minimum absolute atomic E-state index is 0.0683. The van der Waals surface area contributed by atoms with Crippen molar-refractivity contribution in [3.8, 4) is 6.07 Å². The Morgan fingerprint density at radius 3 is 2.94 bits per heavy atom. The zero-order chi connectivity index (χ0) is 13.1. The molecule has 2 rings (SSSR count). The van der Waals surface area contributed by atoms with E-state index in [-0.39, 0.29) is 11.6 Å². The van der Waals surface area contributed by atoms with Crippen molar-refractivity contribution in [3.63, 3.8) is 0 Å². The molecule has 6 heteroatoms. The summed E-state index contributed by atoms with van der Waals surface area (Å²) in [6, 6.07) is 6.34. The number of anilines is 2. The SMILES string of the molecule is N#CC1CCN(c2ccc(NC(=O)O)cc2F)C1. The number of hydrogen-bond donors (Lipinski definition) is 2. The summed E-state index contributed by atoms with van der Waals surface area (Å²) >= 11 is 0. The van der Waals surface area contributed by atoms with E-state index in [1.165, 1.54) is 12.1 Å². The highest BCUT2D eigenvalue weighted by molar-refractivity contribution is 5.83. The molecule has 0 radical (unpaired) electrons. The normalized spacial score (nSPS) is 18.4. The van der Waals surface area contributed by atoms with Gasteiger partial charge in [0.15, 0.2) is 0 Å². The number of carboxylic acid groups (broad SMARTS) is 1. The second-order valence-corrected chi connectivity index (χ2v) is 4.16. The van der Waals surface area contributed by atoms with E-state index in [9.17, 15) is 9.18 Å². The van der Waals surface area contributed by atoms with Gasteiger partial charge in [-0.1, -0.05) is 0 Å². The Morgan fingerprint density at radius 1 is 1.61 bits per heavy atom. The van der Waals surface area contributed by atoms with Crippen LogP contribution in [0.5, 0.6) is 0 Å².